The first-order valence-electron chi connectivity index (χ1n) is 8.02. The standard InChI is InChI=1S/C19H19N3O/c1-2-6-15(7-3-1)19-21-17(14-23-19)13-22(18-9-10-18)12-16-8-4-5-11-20-16/h1-8,11,14,18H,9-10,12-13H2. The summed E-state index contributed by atoms with van der Waals surface area (Å²) in [5.74, 6) is 0.689. The predicted octanol–water partition coefficient (Wildman–Crippen LogP) is 3.90. The van der Waals surface area contributed by atoms with E-state index in [1.807, 2.05) is 48.7 Å². The van der Waals surface area contributed by atoms with Crippen LogP contribution in [-0.2, 0) is 13.1 Å². The van der Waals surface area contributed by atoms with Gasteiger partial charge in [-0.2, -0.15) is 0 Å². The molecule has 1 saturated carbocycles. The molecule has 1 aromatic carbocycles. The second kappa shape index (κ2) is 6.34. The minimum absolute atomic E-state index is 0.647. The van der Waals surface area contributed by atoms with Crippen molar-refractivity contribution >= 4 is 0 Å². The monoisotopic (exact) mass is 305 g/mol. The number of benzene rings is 1. The van der Waals surface area contributed by atoms with E-state index in [0.29, 0.717) is 11.9 Å². The molecular formula is C19H19N3O. The molecule has 0 radical (unpaired) electrons. The van der Waals surface area contributed by atoms with Crippen LogP contribution in [0.3, 0.4) is 0 Å². The van der Waals surface area contributed by atoms with Crippen LogP contribution in [0.5, 0.6) is 0 Å². The van der Waals surface area contributed by atoms with Crippen molar-refractivity contribution in [3.63, 3.8) is 0 Å². The Balaban J connectivity index is 1.48. The molecule has 1 fully saturated rings. The maximum absolute atomic E-state index is 5.65. The first-order valence-corrected chi connectivity index (χ1v) is 8.02. The van der Waals surface area contributed by atoms with E-state index in [0.717, 1.165) is 30.0 Å². The van der Waals surface area contributed by atoms with Crippen LogP contribution in [0.4, 0.5) is 0 Å². The summed E-state index contributed by atoms with van der Waals surface area (Å²) in [5, 5.41) is 0. The van der Waals surface area contributed by atoms with Crippen molar-refractivity contribution in [3.05, 3.63) is 72.4 Å². The van der Waals surface area contributed by atoms with Gasteiger partial charge in [0, 0.05) is 30.9 Å². The highest BCUT2D eigenvalue weighted by Crippen LogP contribution is 2.30. The minimum Gasteiger partial charge on any atom is -0.444 e. The second-order valence-corrected chi connectivity index (χ2v) is 5.97. The molecule has 4 rings (SSSR count). The Morgan fingerprint density at radius 2 is 1.74 bits per heavy atom. The number of pyridine rings is 1. The molecular weight excluding hydrogens is 286 g/mol. The molecule has 23 heavy (non-hydrogen) atoms. The predicted molar refractivity (Wildman–Crippen MR) is 88.4 cm³/mol. The van der Waals surface area contributed by atoms with Gasteiger partial charge in [-0.3, -0.25) is 9.88 Å². The number of hydrogen-bond donors (Lipinski definition) is 0. The van der Waals surface area contributed by atoms with Crippen molar-refractivity contribution in [3.8, 4) is 11.5 Å². The van der Waals surface area contributed by atoms with E-state index in [9.17, 15) is 0 Å². The van der Waals surface area contributed by atoms with Crippen LogP contribution in [0.1, 0.15) is 24.2 Å². The molecule has 1 aliphatic rings. The highest BCUT2D eigenvalue weighted by Gasteiger charge is 2.29. The van der Waals surface area contributed by atoms with Gasteiger partial charge in [0.15, 0.2) is 0 Å². The van der Waals surface area contributed by atoms with Gasteiger partial charge in [-0.05, 0) is 37.1 Å². The van der Waals surface area contributed by atoms with Crippen LogP contribution in [0.2, 0.25) is 0 Å². The molecule has 0 saturated heterocycles. The average Bonchev–Trinajstić information content (AvgIpc) is 3.35. The lowest BCUT2D eigenvalue weighted by Crippen LogP contribution is -2.25. The van der Waals surface area contributed by atoms with Crippen molar-refractivity contribution in [2.45, 2.75) is 32.0 Å². The number of oxazole rings is 1. The van der Waals surface area contributed by atoms with Crippen LogP contribution in [-0.4, -0.2) is 20.9 Å². The quantitative estimate of drug-likeness (QED) is 0.692. The molecule has 0 unspecified atom stereocenters. The summed E-state index contributed by atoms with van der Waals surface area (Å²) in [6.45, 7) is 1.66. The fourth-order valence-corrected chi connectivity index (χ4v) is 2.75. The van der Waals surface area contributed by atoms with E-state index < -0.39 is 0 Å². The van der Waals surface area contributed by atoms with Gasteiger partial charge < -0.3 is 4.42 Å². The third-order valence-electron chi connectivity index (χ3n) is 4.09. The van der Waals surface area contributed by atoms with Gasteiger partial charge in [0.25, 0.3) is 0 Å². The van der Waals surface area contributed by atoms with Gasteiger partial charge in [-0.25, -0.2) is 4.98 Å². The van der Waals surface area contributed by atoms with Gasteiger partial charge in [-0.15, -0.1) is 0 Å². The molecule has 2 heterocycles. The van der Waals surface area contributed by atoms with Crippen LogP contribution in [0.25, 0.3) is 11.5 Å². The van der Waals surface area contributed by atoms with E-state index in [1.165, 1.54) is 12.8 Å². The van der Waals surface area contributed by atoms with Crippen LogP contribution < -0.4 is 0 Å². The number of aromatic nitrogens is 2. The number of nitrogens with zero attached hydrogens (tertiary/aromatic N) is 3. The van der Waals surface area contributed by atoms with Gasteiger partial charge in [-0.1, -0.05) is 24.3 Å². The Morgan fingerprint density at radius 1 is 0.957 bits per heavy atom. The maximum Gasteiger partial charge on any atom is 0.226 e. The molecule has 2 aromatic heterocycles. The van der Waals surface area contributed by atoms with Crippen molar-refractivity contribution in [2.75, 3.05) is 0 Å². The van der Waals surface area contributed by atoms with Crippen LogP contribution in [0.15, 0.2) is 65.4 Å². The average molecular weight is 305 g/mol. The SMILES string of the molecule is c1ccc(-c2nc(CN(Cc3ccccn3)C3CC3)co2)cc1. The molecule has 4 nitrogen and oxygen atoms in total. The Labute approximate surface area is 135 Å². The van der Waals surface area contributed by atoms with E-state index >= 15 is 0 Å². The molecule has 1 aliphatic carbocycles. The van der Waals surface area contributed by atoms with Crippen molar-refractivity contribution in [2.24, 2.45) is 0 Å². The summed E-state index contributed by atoms with van der Waals surface area (Å²) >= 11 is 0. The fourth-order valence-electron chi connectivity index (χ4n) is 2.75. The van der Waals surface area contributed by atoms with Gasteiger partial charge in [0.1, 0.15) is 6.26 Å². The highest BCUT2D eigenvalue weighted by atomic mass is 16.3. The summed E-state index contributed by atoms with van der Waals surface area (Å²) in [5.41, 5.74) is 3.10. The van der Waals surface area contributed by atoms with E-state index in [2.05, 4.69) is 20.9 Å². The van der Waals surface area contributed by atoms with Gasteiger partial charge in [0.2, 0.25) is 5.89 Å². The topological polar surface area (TPSA) is 42.2 Å². The van der Waals surface area contributed by atoms with Crippen molar-refractivity contribution in [1.29, 1.82) is 0 Å². The largest absolute Gasteiger partial charge is 0.444 e. The third-order valence-corrected chi connectivity index (χ3v) is 4.09. The number of hydrogen-bond acceptors (Lipinski definition) is 4. The second-order valence-electron chi connectivity index (χ2n) is 5.97. The molecule has 3 aromatic rings. The Morgan fingerprint density at radius 3 is 2.48 bits per heavy atom. The Hall–Kier alpha value is -2.46. The third kappa shape index (κ3) is 3.48. The molecule has 0 bridgehead atoms. The number of rotatable bonds is 6. The summed E-state index contributed by atoms with van der Waals surface area (Å²) in [7, 11) is 0. The molecule has 0 N–H and O–H groups in total. The summed E-state index contributed by atoms with van der Waals surface area (Å²) in [4.78, 5) is 11.5. The first kappa shape index (κ1) is 14.2. The van der Waals surface area contributed by atoms with Gasteiger partial charge >= 0.3 is 0 Å². The lowest BCUT2D eigenvalue weighted by molar-refractivity contribution is 0.239. The van der Waals surface area contributed by atoms with Crippen LogP contribution in [0, 0.1) is 0 Å². The van der Waals surface area contributed by atoms with Crippen LogP contribution >= 0.6 is 0 Å². The fraction of sp³-hybridized carbons (Fsp3) is 0.263. The zero-order valence-electron chi connectivity index (χ0n) is 12.9. The van der Waals surface area contributed by atoms with Crippen molar-refractivity contribution in [1.82, 2.24) is 14.9 Å². The normalized spacial score (nSPS) is 14.3. The van der Waals surface area contributed by atoms with E-state index in [4.69, 9.17) is 4.42 Å². The molecule has 0 atom stereocenters. The molecule has 0 spiro atoms. The Kier molecular flexibility index (Phi) is 3.90. The molecule has 0 aliphatic heterocycles. The van der Waals surface area contributed by atoms with E-state index in [1.54, 1.807) is 6.26 Å². The van der Waals surface area contributed by atoms with Gasteiger partial charge in [0.05, 0.1) is 11.4 Å². The summed E-state index contributed by atoms with van der Waals surface area (Å²) in [6.07, 6.45) is 6.15. The first-order chi connectivity index (χ1) is 11.4. The van der Waals surface area contributed by atoms with Crippen molar-refractivity contribution < 1.29 is 4.42 Å². The zero-order chi connectivity index (χ0) is 15.5. The smallest absolute Gasteiger partial charge is 0.226 e. The molecule has 116 valence electrons. The van der Waals surface area contributed by atoms with E-state index in [-0.39, 0.29) is 0 Å². The zero-order valence-corrected chi connectivity index (χ0v) is 12.9. The lowest BCUT2D eigenvalue weighted by Gasteiger charge is -2.20. The summed E-state index contributed by atoms with van der Waals surface area (Å²) < 4.78 is 5.65. The lowest BCUT2D eigenvalue weighted by atomic mass is 10.2. The Bertz CT molecular complexity index is 751. The summed E-state index contributed by atoms with van der Waals surface area (Å²) in [6, 6.07) is 16.7. The minimum atomic E-state index is 0.647. The molecule has 0 amide bonds. The molecule has 4 heteroatoms. The highest BCUT2D eigenvalue weighted by molar-refractivity contribution is 5.52. The maximum atomic E-state index is 5.65.